The van der Waals surface area contributed by atoms with Gasteiger partial charge in [0.05, 0.1) is 0 Å². The lowest BCUT2D eigenvalue weighted by atomic mass is 9.87. The molecule has 0 saturated carbocycles. The van der Waals surface area contributed by atoms with Crippen molar-refractivity contribution in [2.45, 2.75) is 123 Å². The standard InChI is InChI=1S/3C13H12.C11H16.C10H14.3C8H10/c1-11-7-5-6-10-13(11)12-8-3-2-4-9-12;1-11-6-5-9-13(10-11)12-7-3-2-4-8-12;1-11-7-9-13(10-8-11)12-5-3-2-4-6-12;1-9-5-7-10(8-6-9)11(2,3)4;1-7-5-8(2)10(4)9(3)6-7;1-7-3-5-8(2)6-4-7;1-7-4-3-5-8(2)6-7;1-7-5-3-4-6-8(7)2/h3*2-10H,1H3;5-8H,1-4H3;5-6H,1-4H3;3*3-6H,1-2H3. The van der Waals surface area contributed by atoms with Gasteiger partial charge in [0.15, 0.2) is 0 Å². The molecule has 432 valence electrons. The lowest BCUT2D eigenvalue weighted by molar-refractivity contribution is 0.590. The highest BCUT2D eigenvalue weighted by molar-refractivity contribution is 5.67. The van der Waals surface area contributed by atoms with Crippen molar-refractivity contribution in [1.82, 2.24) is 0 Å². The van der Waals surface area contributed by atoms with Crippen LogP contribution in [0.1, 0.15) is 104 Å². The van der Waals surface area contributed by atoms with Crippen LogP contribution in [0, 0.1) is 96.9 Å². The topological polar surface area (TPSA) is 0 Å². The summed E-state index contributed by atoms with van der Waals surface area (Å²) in [5, 5.41) is 0. The van der Waals surface area contributed by atoms with Gasteiger partial charge in [-0.1, -0.05) is 338 Å². The normalized spacial score (nSPS) is 9.96. The van der Waals surface area contributed by atoms with Gasteiger partial charge in [-0.3, -0.25) is 0 Å². The largest absolute Gasteiger partial charge is 0.0622 e. The molecule has 0 nitrogen and oxygen atoms in total. The third kappa shape index (κ3) is 26.1. The van der Waals surface area contributed by atoms with Gasteiger partial charge in [0.2, 0.25) is 0 Å². The summed E-state index contributed by atoms with van der Waals surface area (Å²) < 4.78 is 0. The molecule has 0 N–H and O–H groups in total. The Balaban J connectivity index is 0.000000208. The fourth-order valence-electron chi connectivity index (χ4n) is 8.76. The highest BCUT2D eigenvalue weighted by atomic mass is 14.2. The minimum atomic E-state index is 0.285. The quantitative estimate of drug-likeness (QED) is 0.165. The van der Waals surface area contributed by atoms with Crippen LogP contribution >= 0.6 is 0 Å². The predicted molar refractivity (Wildman–Crippen MR) is 373 cm³/mol. The first-order chi connectivity index (χ1) is 40.1. The van der Waals surface area contributed by atoms with Gasteiger partial charge in [-0.15, -0.1) is 0 Å². The average molecular weight is 1110 g/mol. The Morgan fingerprint density at radius 3 is 0.869 bits per heavy atom. The van der Waals surface area contributed by atoms with E-state index in [1.165, 1.54) is 117 Å². The molecule has 11 rings (SSSR count). The molecule has 0 saturated heterocycles. The van der Waals surface area contributed by atoms with E-state index in [1.54, 1.807) is 0 Å². The minimum Gasteiger partial charge on any atom is -0.0622 e. The smallest absolute Gasteiger partial charge is 0.0132 e. The van der Waals surface area contributed by atoms with Crippen molar-refractivity contribution in [3.8, 4) is 33.4 Å². The van der Waals surface area contributed by atoms with Gasteiger partial charge < -0.3 is 0 Å². The second kappa shape index (κ2) is 36.1. The lowest BCUT2D eigenvalue weighted by Gasteiger charge is -2.18. The van der Waals surface area contributed by atoms with E-state index in [1.807, 2.05) is 18.2 Å². The van der Waals surface area contributed by atoms with Crippen LogP contribution in [0.3, 0.4) is 0 Å². The first kappa shape index (κ1) is 67.9. The molecule has 0 heteroatoms. The van der Waals surface area contributed by atoms with E-state index in [4.69, 9.17) is 0 Å². The first-order valence-electron chi connectivity index (χ1n) is 29.6. The maximum atomic E-state index is 2.23. The zero-order valence-corrected chi connectivity index (χ0v) is 54.0. The van der Waals surface area contributed by atoms with E-state index in [9.17, 15) is 0 Å². The van der Waals surface area contributed by atoms with Crippen LogP contribution in [-0.4, -0.2) is 0 Å². The summed E-state index contributed by atoms with van der Waals surface area (Å²) in [6.07, 6.45) is 0. The summed E-state index contributed by atoms with van der Waals surface area (Å²) in [5.41, 5.74) is 28.4. The molecule has 0 atom stereocenters. The third-order valence-electron chi connectivity index (χ3n) is 14.3. The second-order valence-corrected chi connectivity index (χ2v) is 23.2. The van der Waals surface area contributed by atoms with Crippen LogP contribution in [0.4, 0.5) is 0 Å². The highest BCUT2D eigenvalue weighted by Crippen LogP contribution is 2.24. The summed E-state index contributed by atoms with van der Waals surface area (Å²) in [6.45, 7) is 36.5. The number of rotatable bonds is 3. The lowest BCUT2D eigenvalue weighted by Crippen LogP contribution is -2.10. The third-order valence-corrected chi connectivity index (χ3v) is 14.3. The monoisotopic (exact) mass is 1100 g/mol. The molecule has 0 bridgehead atoms. The number of hydrogen-bond acceptors (Lipinski definition) is 0. The number of hydrogen-bond donors (Lipinski definition) is 0. The molecule has 0 radical (unpaired) electrons. The molecule has 11 aromatic carbocycles. The van der Waals surface area contributed by atoms with E-state index in [0.717, 1.165) is 0 Å². The molecule has 0 amide bonds. The first-order valence-corrected chi connectivity index (χ1v) is 29.6. The van der Waals surface area contributed by atoms with Crippen molar-refractivity contribution in [3.05, 3.63) is 356 Å². The molecular weight excluding hydrogens is 1010 g/mol. The van der Waals surface area contributed by atoms with E-state index in [2.05, 4.69) is 372 Å². The van der Waals surface area contributed by atoms with Crippen molar-refractivity contribution in [2.75, 3.05) is 0 Å². The van der Waals surface area contributed by atoms with Gasteiger partial charge in [-0.05, 0) is 175 Å². The Hall–Kier alpha value is -8.58. The van der Waals surface area contributed by atoms with Crippen molar-refractivity contribution in [2.24, 2.45) is 0 Å². The van der Waals surface area contributed by atoms with E-state index in [0.29, 0.717) is 0 Å². The summed E-state index contributed by atoms with van der Waals surface area (Å²) in [7, 11) is 0. The maximum absolute atomic E-state index is 2.23. The molecule has 0 aromatic heterocycles. The SMILES string of the molecule is Cc1cc(C)c(C)c(C)c1.Cc1ccc(-c2ccccc2)cc1.Cc1ccc(C(C)(C)C)cc1.Cc1ccc(C)cc1.Cc1cccc(-c2ccccc2)c1.Cc1cccc(C)c1.Cc1ccccc1-c1ccccc1.Cc1ccccc1C. The van der Waals surface area contributed by atoms with Gasteiger partial charge in [-0.25, -0.2) is 0 Å². The molecule has 0 fully saturated rings. The zero-order chi connectivity index (χ0) is 61.4. The van der Waals surface area contributed by atoms with E-state index in [-0.39, 0.29) is 5.41 Å². The summed E-state index contributed by atoms with van der Waals surface area (Å²) in [4.78, 5) is 0. The van der Waals surface area contributed by atoms with Crippen LogP contribution in [0.2, 0.25) is 0 Å². The molecule has 0 heterocycles. The predicted octanol–water partition coefficient (Wildman–Crippen LogP) is 24.1. The Morgan fingerprint density at radius 2 is 0.500 bits per heavy atom. The number of aryl methyl sites for hydroxylation is 13. The molecule has 0 spiro atoms. The van der Waals surface area contributed by atoms with Gasteiger partial charge in [0.25, 0.3) is 0 Å². The summed E-state index contributed by atoms with van der Waals surface area (Å²) >= 11 is 0. The van der Waals surface area contributed by atoms with E-state index >= 15 is 0 Å². The average Bonchev–Trinajstić information content (AvgIpc) is 3.53. The highest BCUT2D eigenvalue weighted by Gasteiger charge is 2.12. The molecule has 0 aliphatic rings. The van der Waals surface area contributed by atoms with Crippen molar-refractivity contribution < 1.29 is 0 Å². The second-order valence-electron chi connectivity index (χ2n) is 23.2. The van der Waals surface area contributed by atoms with E-state index < -0.39 is 0 Å². The Bertz CT molecular complexity index is 3480. The molecule has 84 heavy (non-hydrogen) atoms. The van der Waals surface area contributed by atoms with Gasteiger partial charge in [0, 0.05) is 0 Å². The summed E-state index contributed by atoms with van der Waals surface area (Å²) in [5.74, 6) is 0. The van der Waals surface area contributed by atoms with Crippen molar-refractivity contribution in [3.63, 3.8) is 0 Å². The molecule has 0 aliphatic carbocycles. The van der Waals surface area contributed by atoms with Gasteiger partial charge >= 0.3 is 0 Å². The fourth-order valence-corrected chi connectivity index (χ4v) is 8.76. The Labute approximate surface area is 510 Å². The molecule has 0 aliphatic heterocycles. The fraction of sp³-hybridized carbons (Fsp3) is 0.214. The van der Waals surface area contributed by atoms with Crippen molar-refractivity contribution in [1.29, 1.82) is 0 Å². The number of benzene rings is 11. The van der Waals surface area contributed by atoms with Crippen LogP contribution in [0.5, 0.6) is 0 Å². The zero-order valence-electron chi connectivity index (χ0n) is 54.0. The van der Waals surface area contributed by atoms with Crippen LogP contribution in [-0.2, 0) is 5.41 Å². The minimum absolute atomic E-state index is 0.285. The van der Waals surface area contributed by atoms with Crippen LogP contribution in [0.15, 0.2) is 273 Å². The maximum Gasteiger partial charge on any atom is -0.0132 e. The molecular formula is C84H96. The van der Waals surface area contributed by atoms with Gasteiger partial charge in [-0.2, -0.15) is 0 Å². The van der Waals surface area contributed by atoms with Gasteiger partial charge in [0.1, 0.15) is 0 Å². The Morgan fingerprint density at radius 1 is 0.190 bits per heavy atom. The summed E-state index contributed by atoms with van der Waals surface area (Å²) in [6, 6.07) is 95.4. The van der Waals surface area contributed by atoms with Crippen LogP contribution < -0.4 is 0 Å². The molecule has 0 unspecified atom stereocenters. The Kier molecular flexibility index (Phi) is 29.2. The molecule has 11 aromatic rings. The van der Waals surface area contributed by atoms with Crippen LogP contribution in [0.25, 0.3) is 33.4 Å². The van der Waals surface area contributed by atoms with Crippen molar-refractivity contribution >= 4 is 0 Å².